The molecular formula is C15H13NO3S. The summed E-state index contributed by atoms with van der Waals surface area (Å²) < 4.78 is 9.75. The quantitative estimate of drug-likeness (QED) is 0.641. The fourth-order valence-corrected chi connectivity index (χ4v) is 1.91. The molecule has 0 radical (unpaired) electrons. The Bertz CT molecular complexity index is 641. The van der Waals surface area contributed by atoms with E-state index in [1.807, 2.05) is 30.3 Å². The normalized spacial score (nSPS) is 9.90. The molecule has 5 heteroatoms. The Morgan fingerprint density at radius 2 is 1.75 bits per heavy atom. The van der Waals surface area contributed by atoms with E-state index in [0.717, 1.165) is 5.56 Å². The Morgan fingerprint density at radius 1 is 1.05 bits per heavy atom. The molecule has 2 aromatic rings. The third-order valence-electron chi connectivity index (χ3n) is 2.75. The lowest BCUT2D eigenvalue weighted by Crippen LogP contribution is -2.13. The second kappa shape index (κ2) is 6.25. The van der Waals surface area contributed by atoms with Crippen LogP contribution in [0.1, 0.15) is 16.1 Å². The molecule has 0 bridgehead atoms. The van der Waals surface area contributed by atoms with E-state index >= 15 is 0 Å². The van der Waals surface area contributed by atoms with Crippen molar-refractivity contribution in [3.05, 3.63) is 53.7 Å². The minimum Gasteiger partial charge on any atom is -0.485 e. The van der Waals surface area contributed by atoms with Gasteiger partial charge in [-0.15, -0.1) is 0 Å². The maximum Gasteiger partial charge on any atom is 0.340 e. The summed E-state index contributed by atoms with van der Waals surface area (Å²) in [5, 5.41) is 0.156. The molecule has 4 nitrogen and oxygen atoms in total. The molecule has 1 heterocycles. The van der Waals surface area contributed by atoms with E-state index in [2.05, 4.69) is 4.98 Å². The first-order chi connectivity index (χ1) is 9.67. The van der Waals surface area contributed by atoms with Crippen molar-refractivity contribution in [2.24, 2.45) is 0 Å². The van der Waals surface area contributed by atoms with Gasteiger partial charge in [0.15, 0.2) is 0 Å². The molecule has 102 valence electrons. The summed E-state index contributed by atoms with van der Waals surface area (Å²) in [5.74, 6) is -0.494. The van der Waals surface area contributed by atoms with Crippen LogP contribution >= 0.6 is 12.2 Å². The van der Waals surface area contributed by atoms with E-state index in [1.165, 1.54) is 14.2 Å². The van der Waals surface area contributed by atoms with Gasteiger partial charge in [0.25, 0.3) is 0 Å². The van der Waals surface area contributed by atoms with Crippen molar-refractivity contribution in [1.82, 2.24) is 4.98 Å². The van der Waals surface area contributed by atoms with Gasteiger partial charge in [-0.1, -0.05) is 30.3 Å². The maximum atomic E-state index is 11.7. The molecular weight excluding hydrogens is 274 g/mol. The second-order valence-corrected chi connectivity index (χ2v) is 4.31. The van der Waals surface area contributed by atoms with Crippen molar-refractivity contribution in [3.8, 4) is 11.3 Å². The van der Waals surface area contributed by atoms with Crippen LogP contribution in [0.15, 0.2) is 42.5 Å². The molecule has 2 rings (SSSR count). The number of hydrogen-bond donors (Lipinski definition) is 0. The Morgan fingerprint density at radius 3 is 2.35 bits per heavy atom. The highest BCUT2D eigenvalue weighted by Crippen LogP contribution is 2.20. The molecule has 0 saturated carbocycles. The molecule has 0 N–H and O–H groups in total. The van der Waals surface area contributed by atoms with Crippen molar-refractivity contribution in [2.45, 2.75) is 0 Å². The molecule has 0 unspecified atom stereocenters. The molecule has 0 spiro atoms. The van der Waals surface area contributed by atoms with Gasteiger partial charge in [0.2, 0.25) is 5.05 Å². The zero-order valence-electron chi connectivity index (χ0n) is 11.1. The third-order valence-corrected chi connectivity index (χ3v) is 3.11. The Labute approximate surface area is 122 Å². The highest BCUT2D eigenvalue weighted by Gasteiger charge is 2.18. The lowest BCUT2D eigenvalue weighted by atomic mass is 10.1. The second-order valence-electron chi connectivity index (χ2n) is 3.94. The van der Waals surface area contributed by atoms with E-state index in [4.69, 9.17) is 21.7 Å². The van der Waals surface area contributed by atoms with E-state index in [1.54, 1.807) is 12.1 Å². The van der Waals surface area contributed by atoms with E-state index in [0.29, 0.717) is 17.0 Å². The van der Waals surface area contributed by atoms with Crippen LogP contribution in [-0.2, 0) is 9.47 Å². The highest BCUT2D eigenvalue weighted by molar-refractivity contribution is 7.80. The minimum absolute atomic E-state index is 0.156. The van der Waals surface area contributed by atoms with Crippen molar-refractivity contribution in [1.29, 1.82) is 0 Å². The average molecular weight is 287 g/mol. The molecule has 0 aliphatic heterocycles. The molecule has 0 aliphatic rings. The van der Waals surface area contributed by atoms with Crippen LogP contribution in [0.25, 0.3) is 11.3 Å². The number of carbonyl (C=O) groups excluding carboxylic acids is 1. The van der Waals surface area contributed by atoms with Gasteiger partial charge in [0, 0.05) is 5.56 Å². The molecule has 1 aromatic heterocycles. The van der Waals surface area contributed by atoms with Crippen LogP contribution < -0.4 is 0 Å². The first kappa shape index (κ1) is 14.1. The molecule has 0 atom stereocenters. The molecule has 0 saturated heterocycles. The number of hydrogen-bond acceptors (Lipinski definition) is 5. The van der Waals surface area contributed by atoms with Crippen molar-refractivity contribution in [2.75, 3.05) is 14.2 Å². The molecule has 20 heavy (non-hydrogen) atoms. The van der Waals surface area contributed by atoms with Crippen molar-refractivity contribution < 1.29 is 14.3 Å². The Balaban J connectivity index is 2.54. The number of methoxy groups -OCH3 is 2. The monoisotopic (exact) mass is 287 g/mol. The molecule has 0 aliphatic carbocycles. The lowest BCUT2D eigenvalue weighted by Gasteiger charge is -2.09. The van der Waals surface area contributed by atoms with Crippen molar-refractivity contribution in [3.63, 3.8) is 0 Å². The lowest BCUT2D eigenvalue weighted by molar-refractivity contribution is 0.0599. The topological polar surface area (TPSA) is 48.4 Å². The number of esters is 1. The summed E-state index contributed by atoms with van der Waals surface area (Å²) in [6, 6.07) is 13.0. The highest BCUT2D eigenvalue weighted by atomic mass is 32.1. The number of aromatic nitrogens is 1. The number of benzene rings is 1. The standard InChI is InChI=1S/C15H13NO3S/c1-18-14(17)11-8-9-12(10-6-4-3-5-7-10)16-13(11)15(20)19-2/h3-9H,1-2H3. The summed E-state index contributed by atoms with van der Waals surface area (Å²) in [7, 11) is 2.76. The van der Waals surface area contributed by atoms with Gasteiger partial charge < -0.3 is 9.47 Å². The van der Waals surface area contributed by atoms with Crippen LogP contribution in [0.4, 0.5) is 0 Å². The largest absolute Gasteiger partial charge is 0.485 e. The zero-order chi connectivity index (χ0) is 14.5. The zero-order valence-corrected chi connectivity index (χ0v) is 11.9. The molecule has 0 fully saturated rings. The third kappa shape index (κ3) is 2.83. The minimum atomic E-state index is -0.494. The predicted molar refractivity (Wildman–Crippen MR) is 79.7 cm³/mol. The van der Waals surface area contributed by atoms with Crippen LogP contribution in [0.5, 0.6) is 0 Å². The van der Waals surface area contributed by atoms with Gasteiger partial charge >= 0.3 is 5.97 Å². The number of carbonyl (C=O) groups is 1. The number of thiocarbonyl (C=S) groups is 1. The predicted octanol–water partition coefficient (Wildman–Crippen LogP) is 2.86. The van der Waals surface area contributed by atoms with Gasteiger partial charge in [-0.2, -0.15) is 0 Å². The summed E-state index contributed by atoms with van der Waals surface area (Å²) >= 11 is 5.09. The van der Waals surface area contributed by atoms with Gasteiger partial charge in [-0.3, -0.25) is 0 Å². The van der Waals surface area contributed by atoms with Crippen LogP contribution in [-0.4, -0.2) is 30.2 Å². The van der Waals surface area contributed by atoms with Gasteiger partial charge in [-0.05, 0) is 24.4 Å². The van der Waals surface area contributed by atoms with Crippen molar-refractivity contribution >= 4 is 23.2 Å². The summed E-state index contributed by atoms with van der Waals surface area (Å²) in [6.07, 6.45) is 0. The van der Waals surface area contributed by atoms with E-state index < -0.39 is 5.97 Å². The van der Waals surface area contributed by atoms with Gasteiger partial charge in [0.1, 0.15) is 5.69 Å². The number of ether oxygens (including phenoxy) is 2. The fraction of sp³-hybridized carbons (Fsp3) is 0.133. The van der Waals surface area contributed by atoms with Crippen LogP contribution in [0.3, 0.4) is 0 Å². The summed E-state index contributed by atoms with van der Waals surface area (Å²) in [5.41, 5.74) is 2.26. The van der Waals surface area contributed by atoms with Crippen LogP contribution in [0, 0.1) is 0 Å². The Kier molecular flexibility index (Phi) is 4.42. The number of nitrogens with zero attached hydrogens (tertiary/aromatic N) is 1. The SMILES string of the molecule is COC(=O)c1ccc(-c2ccccc2)nc1C(=S)OC. The average Bonchev–Trinajstić information content (AvgIpc) is 2.53. The van der Waals surface area contributed by atoms with Gasteiger partial charge in [-0.25, -0.2) is 9.78 Å². The van der Waals surface area contributed by atoms with E-state index in [9.17, 15) is 4.79 Å². The summed E-state index contributed by atoms with van der Waals surface area (Å²) in [4.78, 5) is 16.1. The summed E-state index contributed by atoms with van der Waals surface area (Å²) in [6.45, 7) is 0. The number of rotatable bonds is 3. The molecule has 1 aromatic carbocycles. The first-order valence-electron chi connectivity index (χ1n) is 5.90. The van der Waals surface area contributed by atoms with E-state index in [-0.39, 0.29) is 5.05 Å². The Hall–Kier alpha value is -2.27. The van der Waals surface area contributed by atoms with Gasteiger partial charge in [0.05, 0.1) is 25.5 Å². The smallest absolute Gasteiger partial charge is 0.340 e. The first-order valence-corrected chi connectivity index (χ1v) is 6.31. The van der Waals surface area contributed by atoms with Crippen LogP contribution in [0.2, 0.25) is 0 Å². The fourth-order valence-electron chi connectivity index (χ4n) is 1.76. The number of pyridine rings is 1. The molecule has 0 amide bonds. The maximum absolute atomic E-state index is 11.7.